The molecule has 4 aromatic rings. The molecule has 1 heterocycles. The molecule has 31 heavy (non-hydrogen) atoms. The first-order chi connectivity index (χ1) is 14.9. The predicted octanol–water partition coefficient (Wildman–Crippen LogP) is 4.67. The molecule has 0 saturated carbocycles. The zero-order valence-electron chi connectivity index (χ0n) is 16.9. The summed E-state index contributed by atoms with van der Waals surface area (Å²) < 4.78 is 30.5. The fourth-order valence-electron chi connectivity index (χ4n) is 3.31. The number of nitrogens with zero attached hydrogens (tertiary/aromatic N) is 3. The molecule has 0 aliphatic heterocycles. The summed E-state index contributed by atoms with van der Waals surface area (Å²) in [7, 11) is 0. The van der Waals surface area contributed by atoms with E-state index >= 15 is 0 Å². The lowest BCUT2D eigenvalue weighted by molar-refractivity contribution is -0.487. The molecule has 0 spiro atoms. The van der Waals surface area contributed by atoms with E-state index in [0.717, 1.165) is 21.6 Å². The van der Waals surface area contributed by atoms with Crippen LogP contribution < -0.4 is 5.56 Å². The van der Waals surface area contributed by atoms with Crippen molar-refractivity contribution in [2.45, 2.75) is 19.9 Å². The maximum absolute atomic E-state index is 14.4. The van der Waals surface area contributed by atoms with Crippen molar-refractivity contribution < 1.29 is 13.5 Å². The summed E-state index contributed by atoms with van der Waals surface area (Å²) in [5.74, 6) is -1.78. The van der Waals surface area contributed by atoms with Gasteiger partial charge in [-0.05, 0) is 44.2 Å². The number of hydrogen-bond donors (Lipinski definition) is 0. The molecule has 3 aromatic carbocycles. The molecule has 156 valence electrons. The first-order valence-corrected chi connectivity index (χ1v) is 9.74. The van der Waals surface area contributed by atoms with Crippen molar-refractivity contribution in [1.82, 2.24) is 9.78 Å². The van der Waals surface area contributed by atoms with Gasteiger partial charge in [0.05, 0.1) is 11.1 Å². The van der Waals surface area contributed by atoms with Crippen LogP contribution in [0.15, 0.2) is 71.5 Å². The average Bonchev–Trinajstić information content (AvgIpc) is 2.75. The Morgan fingerprint density at radius 1 is 0.968 bits per heavy atom. The lowest BCUT2D eigenvalue weighted by atomic mass is 10.0. The van der Waals surface area contributed by atoms with Gasteiger partial charge < -0.3 is 5.21 Å². The van der Waals surface area contributed by atoms with Crippen LogP contribution in [-0.2, 0) is 0 Å². The van der Waals surface area contributed by atoms with Crippen LogP contribution in [0, 0.1) is 16.8 Å². The maximum Gasteiger partial charge on any atom is 0.279 e. The number of hydrogen-bond acceptors (Lipinski definition) is 3. The van der Waals surface area contributed by atoms with Crippen LogP contribution in [0.5, 0.6) is 0 Å². The largest absolute Gasteiger partial charge is 0.624 e. The Kier molecular flexibility index (Phi) is 5.33. The van der Waals surface area contributed by atoms with E-state index in [4.69, 9.17) is 0 Å². The highest BCUT2D eigenvalue weighted by molar-refractivity contribution is 5.94. The Balaban J connectivity index is 2.01. The Morgan fingerprint density at radius 2 is 1.61 bits per heavy atom. The molecule has 0 N–H and O–H groups in total. The fraction of sp³-hybridized carbons (Fsp3) is 0.125. The third-order valence-electron chi connectivity index (χ3n) is 4.90. The van der Waals surface area contributed by atoms with Crippen LogP contribution in [0.25, 0.3) is 27.7 Å². The van der Waals surface area contributed by atoms with Crippen molar-refractivity contribution in [3.8, 4) is 16.9 Å². The molecule has 0 unspecified atom stereocenters. The molecular weight excluding hydrogens is 400 g/mol. The van der Waals surface area contributed by atoms with Crippen molar-refractivity contribution in [2.24, 2.45) is 0 Å². The van der Waals surface area contributed by atoms with E-state index < -0.39 is 22.9 Å². The minimum absolute atomic E-state index is 0.228. The van der Waals surface area contributed by atoms with E-state index in [1.165, 1.54) is 12.3 Å². The summed E-state index contributed by atoms with van der Waals surface area (Å²) in [4.78, 5) is 13.0. The second kappa shape index (κ2) is 8.10. The molecule has 0 aliphatic rings. The summed E-state index contributed by atoms with van der Waals surface area (Å²) >= 11 is 0. The molecule has 0 aliphatic carbocycles. The molecule has 4 rings (SSSR count). The van der Waals surface area contributed by atoms with E-state index in [9.17, 15) is 18.8 Å². The lowest BCUT2D eigenvalue weighted by Crippen LogP contribution is -2.24. The third-order valence-corrected chi connectivity index (χ3v) is 4.90. The van der Waals surface area contributed by atoms with Crippen LogP contribution >= 0.6 is 0 Å². The molecule has 5 nitrogen and oxygen atoms in total. The van der Waals surface area contributed by atoms with Gasteiger partial charge in [-0.2, -0.15) is 9.78 Å². The predicted molar refractivity (Wildman–Crippen MR) is 117 cm³/mol. The Labute approximate surface area is 177 Å². The van der Waals surface area contributed by atoms with Gasteiger partial charge in [0.15, 0.2) is 23.9 Å². The zero-order chi connectivity index (χ0) is 22.1. The van der Waals surface area contributed by atoms with Crippen LogP contribution in [-0.4, -0.2) is 26.8 Å². The van der Waals surface area contributed by atoms with Crippen molar-refractivity contribution in [1.29, 1.82) is 0 Å². The highest BCUT2D eigenvalue weighted by Gasteiger charge is 2.18. The number of aromatic nitrogens is 2. The van der Waals surface area contributed by atoms with Crippen molar-refractivity contribution in [2.75, 3.05) is 0 Å². The van der Waals surface area contributed by atoms with Gasteiger partial charge in [-0.3, -0.25) is 4.79 Å². The van der Waals surface area contributed by atoms with Crippen LogP contribution in [0.3, 0.4) is 0 Å². The van der Waals surface area contributed by atoms with Crippen molar-refractivity contribution in [3.05, 3.63) is 99.5 Å². The first-order valence-electron chi connectivity index (χ1n) is 9.74. The van der Waals surface area contributed by atoms with E-state index in [0.29, 0.717) is 22.2 Å². The minimum Gasteiger partial charge on any atom is -0.624 e. The molecule has 0 atom stereocenters. The number of rotatable bonds is 4. The average molecular weight is 419 g/mol. The monoisotopic (exact) mass is 419 g/mol. The molecular formula is C24H19F2N3O2. The normalized spacial score (nSPS) is 12.0. The van der Waals surface area contributed by atoms with Gasteiger partial charge >= 0.3 is 0 Å². The number of fused-ring (bicyclic) bond motifs is 1. The number of halogens is 2. The summed E-state index contributed by atoms with van der Waals surface area (Å²) in [6.45, 7) is 3.56. The summed E-state index contributed by atoms with van der Waals surface area (Å²) in [5.41, 5.74) is 0.453. The van der Waals surface area contributed by atoms with Gasteiger partial charge in [0.2, 0.25) is 0 Å². The molecule has 0 radical (unpaired) electrons. The van der Waals surface area contributed by atoms with E-state index in [1.54, 1.807) is 62.4 Å². The molecule has 0 fully saturated rings. The van der Waals surface area contributed by atoms with Gasteiger partial charge in [0, 0.05) is 16.5 Å². The van der Waals surface area contributed by atoms with Gasteiger partial charge in [0.25, 0.3) is 5.56 Å². The second-order valence-corrected chi connectivity index (χ2v) is 7.39. The van der Waals surface area contributed by atoms with E-state index in [1.807, 2.05) is 0 Å². The molecule has 7 heteroatoms. The van der Waals surface area contributed by atoms with E-state index in [-0.39, 0.29) is 11.4 Å². The highest BCUT2D eigenvalue weighted by atomic mass is 19.1. The zero-order valence-corrected chi connectivity index (χ0v) is 16.9. The summed E-state index contributed by atoms with van der Waals surface area (Å²) in [6, 6.07) is 16.9. The molecule has 0 amide bonds. The van der Waals surface area contributed by atoms with Gasteiger partial charge in [-0.1, -0.05) is 36.4 Å². The number of benzene rings is 3. The molecule has 0 saturated heterocycles. The summed E-state index contributed by atoms with van der Waals surface area (Å²) in [5, 5.41) is 17.2. The topological polar surface area (TPSA) is 61.0 Å². The molecule has 0 bridgehead atoms. The van der Waals surface area contributed by atoms with Gasteiger partial charge in [0.1, 0.15) is 5.69 Å². The van der Waals surface area contributed by atoms with Crippen LogP contribution in [0.2, 0.25) is 0 Å². The SMILES string of the molecule is CC(C)/[N+]([O-])=C\c1cccc(-c2nn(-c3c(F)cccc3F)c(=O)c3ccccc23)c1. The fourth-order valence-corrected chi connectivity index (χ4v) is 3.31. The molecule has 1 aromatic heterocycles. The number of para-hydroxylation sites is 1. The standard InChI is InChI=1S/C24H19F2N3O2/c1-15(2)28(31)14-16-7-5-8-17(13-16)22-18-9-3-4-10-19(18)24(30)29(27-22)23-20(25)11-6-12-21(23)26/h3-15H,1-2H3/b28-14+. The first kappa shape index (κ1) is 20.4. The maximum atomic E-state index is 14.4. The highest BCUT2D eigenvalue weighted by Crippen LogP contribution is 2.27. The van der Waals surface area contributed by atoms with Crippen LogP contribution in [0.4, 0.5) is 8.78 Å². The van der Waals surface area contributed by atoms with Crippen molar-refractivity contribution >= 4 is 17.0 Å². The van der Waals surface area contributed by atoms with Gasteiger partial charge in [-0.15, -0.1) is 0 Å². The summed E-state index contributed by atoms with van der Waals surface area (Å²) in [6.07, 6.45) is 1.46. The Morgan fingerprint density at radius 3 is 2.29 bits per heavy atom. The Bertz CT molecular complexity index is 1360. The third kappa shape index (κ3) is 3.82. The lowest BCUT2D eigenvalue weighted by Gasteiger charge is -2.13. The second-order valence-electron chi connectivity index (χ2n) is 7.39. The Hall–Kier alpha value is -3.87. The quantitative estimate of drug-likeness (QED) is 0.209. The van der Waals surface area contributed by atoms with E-state index in [2.05, 4.69) is 5.10 Å². The minimum atomic E-state index is -0.892. The van der Waals surface area contributed by atoms with Crippen LogP contribution in [0.1, 0.15) is 19.4 Å². The smallest absolute Gasteiger partial charge is 0.279 e. The van der Waals surface area contributed by atoms with Gasteiger partial charge in [-0.25, -0.2) is 13.5 Å². The number of hydroxylamine groups is 1. The van der Waals surface area contributed by atoms with Crippen molar-refractivity contribution in [3.63, 3.8) is 0 Å².